The molecule has 1 atom stereocenters. The number of hydrogen-bond donors (Lipinski definition) is 1. The monoisotopic (exact) mass is 303 g/mol. The van der Waals surface area contributed by atoms with Gasteiger partial charge in [0.15, 0.2) is 0 Å². The Bertz CT molecular complexity index is 552. The third kappa shape index (κ3) is 3.36. The van der Waals surface area contributed by atoms with Crippen LogP contribution in [0.25, 0.3) is 5.70 Å². The largest absolute Gasteiger partial charge is 0.381 e. The van der Waals surface area contributed by atoms with Gasteiger partial charge in [-0.2, -0.15) is 5.12 Å². The number of aromatic nitrogens is 1. The second kappa shape index (κ2) is 6.58. The summed E-state index contributed by atoms with van der Waals surface area (Å²) in [4.78, 5) is 3.98. The van der Waals surface area contributed by atoms with E-state index in [4.69, 9.17) is 4.74 Å². The Morgan fingerprint density at radius 3 is 2.82 bits per heavy atom. The lowest BCUT2D eigenvalue weighted by Crippen LogP contribution is -2.46. The summed E-state index contributed by atoms with van der Waals surface area (Å²) < 4.78 is 20.1. The minimum atomic E-state index is -0.437. The highest BCUT2D eigenvalue weighted by Crippen LogP contribution is 2.30. The number of halogens is 1. The third-order valence-corrected chi connectivity index (χ3v) is 4.44. The van der Waals surface area contributed by atoms with Crippen LogP contribution in [0.4, 0.5) is 4.48 Å². The maximum atomic E-state index is 14.7. The first-order valence-corrected chi connectivity index (χ1v) is 7.73. The van der Waals surface area contributed by atoms with Crippen LogP contribution in [0.5, 0.6) is 0 Å². The van der Waals surface area contributed by atoms with Crippen molar-refractivity contribution in [2.45, 2.75) is 25.9 Å². The van der Waals surface area contributed by atoms with Gasteiger partial charge < -0.3 is 4.74 Å². The second-order valence-electron chi connectivity index (χ2n) is 6.23. The van der Waals surface area contributed by atoms with Crippen LogP contribution >= 0.6 is 0 Å². The van der Waals surface area contributed by atoms with E-state index in [9.17, 15) is 4.48 Å². The van der Waals surface area contributed by atoms with Crippen LogP contribution in [0.1, 0.15) is 25.3 Å². The van der Waals surface area contributed by atoms with Crippen LogP contribution < -0.4 is 5.32 Å². The van der Waals surface area contributed by atoms with Crippen LogP contribution in [-0.4, -0.2) is 36.0 Å². The molecular formula is C17H22FN3O. The highest BCUT2D eigenvalue weighted by molar-refractivity contribution is 5.66. The minimum Gasteiger partial charge on any atom is -0.381 e. The van der Waals surface area contributed by atoms with E-state index in [1.165, 1.54) is 0 Å². The van der Waals surface area contributed by atoms with Crippen LogP contribution in [0.15, 0.2) is 42.8 Å². The number of pyridine rings is 1. The summed E-state index contributed by atoms with van der Waals surface area (Å²) in [6.07, 6.45) is 10.5. The smallest absolute Gasteiger partial charge is 0.130 e. The molecule has 1 unspecified atom stereocenters. The molecule has 0 aliphatic carbocycles. The summed E-state index contributed by atoms with van der Waals surface area (Å²) in [5, 5.41) is 4.12. The Morgan fingerprint density at radius 1 is 1.36 bits per heavy atom. The molecule has 2 aliphatic rings. The molecule has 0 spiro atoms. The molecule has 1 saturated heterocycles. The fraction of sp³-hybridized carbons (Fsp3) is 0.471. The van der Waals surface area contributed by atoms with Gasteiger partial charge in [0.2, 0.25) is 0 Å². The molecule has 0 amide bonds. The van der Waals surface area contributed by atoms with Crippen molar-refractivity contribution in [1.29, 1.82) is 0 Å². The highest BCUT2D eigenvalue weighted by atomic mass is 19.2. The second-order valence-corrected chi connectivity index (χ2v) is 6.23. The van der Waals surface area contributed by atoms with Gasteiger partial charge in [-0.1, -0.05) is 17.5 Å². The van der Waals surface area contributed by atoms with E-state index in [2.05, 4.69) is 17.2 Å². The van der Waals surface area contributed by atoms with Gasteiger partial charge in [0.05, 0.1) is 5.70 Å². The number of nitrogens with one attached hydrogen (secondary N) is 1. The van der Waals surface area contributed by atoms with Crippen molar-refractivity contribution >= 4 is 5.70 Å². The van der Waals surface area contributed by atoms with Gasteiger partial charge in [-0.05, 0) is 42.5 Å². The first-order chi connectivity index (χ1) is 10.7. The summed E-state index contributed by atoms with van der Waals surface area (Å²) in [5.74, 6) is 0. The summed E-state index contributed by atoms with van der Waals surface area (Å²) >= 11 is 0. The molecule has 22 heavy (non-hydrogen) atoms. The van der Waals surface area contributed by atoms with Crippen LogP contribution in [0.3, 0.4) is 0 Å². The fourth-order valence-electron chi connectivity index (χ4n) is 2.83. The van der Waals surface area contributed by atoms with Gasteiger partial charge >= 0.3 is 0 Å². The molecule has 118 valence electrons. The van der Waals surface area contributed by atoms with E-state index >= 15 is 0 Å². The minimum absolute atomic E-state index is 0.172. The van der Waals surface area contributed by atoms with E-state index in [0.717, 1.165) is 43.3 Å². The molecule has 0 radical (unpaired) electrons. The van der Waals surface area contributed by atoms with E-state index in [0.29, 0.717) is 5.70 Å². The maximum Gasteiger partial charge on any atom is 0.130 e. The molecule has 1 fully saturated rings. The number of hydrogen-bond acceptors (Lipinski definition) is 4. The molecule has 3 heterocycles. The lowest BCUT2D eigenvalue weighted by Gasteiger charge is -2.36. The topological polar surface area (TPSA) is 37.4 Å². The standard InChI is InChI=1S/C17H22FN3O/c1-17(7-11-22-12-8-17)13-20-16-4-2-3-15(21(16)18)14-5-9-19-10-6-14/h2-6,9-10,16,20H,7-8,11-13H2,1H3. The number of rotatable bonds is 4. The molecular weight excluding hydrogens is 281 g/mol. The Hall–Kier alpha value is -1.72. The number of allylic oxidation sites excluding steroid dienone is 2. The molecule has 0 bridgehead atoms. The summed E-state index contributed by atoms with van der Waals surface area (Å²) in [5.41, 5.74) is 1.55. The Morgan fingerprint density at radius 2 is 2.09 bits per heavy atom. The molecule has 1 aromatic heterocycles. The predicted molar refractivity (Wildman–Crippen MR) is 84.3 cm³/mol. The van der Waals surface area contributed by atoms with Crippen molar-refractivity contribution in [3.8, 4) is 0 Å². The predicted octanol–water partition coefficient (Wildman–Crippen LogP) is 2.91. The van der Waals surface area contributed by atoms with E-state index in [1.54, 1.807) is 18.5 Å². The van der Waals surface area contributed by atoms with Crippen molar-refractivity contribution in [1.82, 2.24) is 15.4 Å². The quantitative estimate of drug-likeness (QED) is 0.868. The molecule has 1 aromatic rings. The van der Waals surface area contributed by atoms with Gasteiger partial charge in [-0.15, -0.1) is 0 Å². The van der Waals surface area contributed by atoms with Crippen molar-refractivity contribution in [3.63, 3.8) is 0 Å². The third-order valence-electron chi connectivity index (χ3n) is 4.44. The van der Waals surface area contributed by atoms with Gasteiger partial charge in [0, 0.05) is 37.7 Å². The van der Waals surface area contributed by atoms with Crippen molar-refractivity contribution in [3.05, 3.63) is 48.3 Å². The number of nitrogens with zero attached hydrogens (tertiary/aromatic N) is 2. The average molecular weight is 303 g/mol. The lowest BCUT2D eigenvalue weighted by atomic mass is 9.82. The Labute approximate surface area is 130 Å². The summed E-state index contributed by atoms with van der Waals surface area (Å²) in [6.45, 7) is 4.59. The zero-order valence-electron chi connectivity index (χ0n) is 12.8. The van der Waals surface area contributed by atoms with Crippen LogP contribution in [-0.2, 0) is 4.74 Å². The van der Waals surface area contributed by atoms with Gasteiger partial charge in [0.1, 0.15) is 6.17 Å². The van der Waals surface area contributed by atoms with Crippen molar-refractivity contribution in [2.75, 3.05) is 19.8 Å². The van der Waals surface area contributed by atoms with Crippen molar-refractivity contribution in [2.24, 2.45) is 5.41 Å². The first-order valence-electron chi connectivity index (χ1n) is 7.73. The maximum absolute atomic E-state index is 14.7. The molecule has 2 aliphatic heterocycles. The zero-order valence-corrected chi connectivity index (χ0v) is 12.8. The van der Waals surface area contributed by atoms with Crippen molar-refractivity contribution < 1.29 is 9.22 Å². The van der Waals surface area contributed by atoms with E-state index in [-0.39, 0.29) is 5.41 Å². The normalized spacial score (nSPS) is 24.2. The Kier molecular flexibility index (Phi) is 4.55. The van der Waals surface area contributed by atoms with Gasteiger partial charge in [-0.3, -0.25) is 10.3 Å². The molecule has 1 N–H and O–H groups in total. The molecule has 0 aromatic carbocycles. The first kappa shape index (κ1) is 15.2. The molecule has 3 rings (SSSR count). The van der Waals surface area contributed by atoms with E-state index < -0.39 is 6.17 Å². The lowest BCUT2D eigenvalue weighted by molar-refractivity contribution is 0.00986. The zero-order chi connectivity index (χ0) is 15.4. The highest BCUT2D eigenvalue weighted by Gasteiger charge is 2.30. The van der Waals surface area contributed by atoms with Crippen LogP contribution in [0.2, 0.25) is 0 Å². The molecule has 5 heteroatoms. The SMILES string of the molecule is CC1(CNC2C=CC=C(c3ccncc3)N2F)CCOCC1. The summed E-state index contributed by atoms with van der Waals surface area (Å²) in [7, 11) is 0. The average Bonchev–Trinajstić information content (AvgIpc) is 2.55. The molecule has 0 saturated carbocycles. The summed E-state index contributed by atoms with van der Waals surface area (Å²) in [6, 6.07) is 3.63. The Balaban J connectivity index is 1.64. The van der Waals surface area contributed by atoms with E-state index in [1.807, 2.05) is 24.3 Å². The van der Waals surface area contributed by atoms with Gasteiger partial charge in [-0.25, -0.2) is 0 Å². The molecule has 4 nitrogen and oxygen atoms in total. The number of ether oxygens (including phenoxy) is 1. The van der Waals surface area contributed by atoms with Crippen LogP contribution in [0, 0.1) is 5.41 Å². The van der Waals surface area contributed by atoms with Gasteiger partial charge in [0.25, 0.3) is 0 Å². The fourth-order valence-corrected chi connectivity index (χ4v) is 2.83.